The summed E-state index contributed by atoms with van der Waals surface area (Å²) in [6.07, 6.45) is 0.896. The molecule has 1 aliphatic heterocycles. The number of carbonyl (C=O) groups excluding carboxylic acids is 1. The molecule has 3 N–H and O–H groups in total. The summed E-state index contributed by atoms with van der Waals surface area (Å²) in [6.45, 7) is 4.74. The summed E-state index contributed by atoms with van der Waals surface area (Å²) >= 11 is 0. The third kappa shape index (κ3) is 3.27. The quantitative estimate of drug-likeness (QED) is 0.765. The van der Waals surface area contributed by atoms with Crippen LogP contribution in [0.4, 0.5) is 10.5 Å². The Hall–Kier alpha value is -2.08. The van der Waals surface area contributed by atoms with Gasteiger partial charge in [-0.1, -0.05) is 12.1 Å². The van der Waals surface area contributed by atoms with E-state index in [9.17, 15) is 14.7 Å². The van der Waals surface area contributed by atoms with Gasteiger partial charge in [-0.05, 0) is 31.5 Å². The van der Waals surface area contributed by atoms with E-state index in [1.807, 2.05) is 0 Å². The molecule has 2 amide bonds. The summed E-state index contributed by atoms with van der Waals surface area (Å²) in [5.41, 5.74) is 1.24. The predicted molar refractivity (Wildman–Crippen MR) is 76.2 cm³/mol. The maximum absolute atomic E-state index is 12.2. The van der Waals surface area contributed by atoms with E-state index in [0.717, 1.165) is 25.1 Å². The first-order valence-electron chi connectivity index (χ1n) is 6.69. The molecule has 0 saturated carbocycles. The van der Waals surface area contributed by atoms with Crippen LogP contribution in [0.15, 0.2) is 18.2 Å². The second-order valence-electron chi connectivity index (χ2n) is 4.82. The zero-order valence-electron chi connectivity index (χ0n) is 11.5. The van der Waals surface area contributed by atoms with Gasteiger partial charge < -0.3 is 20.6 Å². The van der Waals surface area contributed by atoms with E-state index in [4.69, 9.17) is 0 Å². The fraction of sp³-hybridized carbons (Fsp3) is 0.429. The van der Waals surface area contributed by atoms with Gasteiger partial charge in [0.25, 0.3) is 0 Å². The van der Waals surface area contributed by atoms with Gasteiger partial charge in [0.2, 0.25) is 0 Å². The molecule has 0 spiro atoms. The Morgan fingerprint density at radius 1 is 1.30 bits per heavy atom. The van der Waals surface area contributed by atoms with E-state index in [1.54, 1.807) is 24.0 Å². The van der Waals surface area contributed by atoms with Crippen LogP contribution >= 0.6 is 0 Å². The highest BCUT2D eigenvalue weighted by Gasteiger charge is 2.19. The molecule has 1 aliphatic rings. The lowest BCUT2D eigenvalue weighted by molar-refractivity contribution is 0.0698. The number of hydrogen-bond acceptors (Lipinski definition) is 3. The van der Waals surface area contributed by atoms with Crippen LogP contribution in [0.1, 0.15) is 22.3 Å². The van der Waals surface area contributed by atoms with Crippen LogP contribution in [0.25, 0.3) is 0 Å². The van der Waals surface area contributed by atoms with Crippen molar-refractivity contribution >= 4 is 17.7 Å². The molecule has 0 radical (unpaired) electrons. The Kier molecular flexibility index (Phi) is 4.57. The number of para-hydroxylation sites is 1. The minimum absolute atomic E-state index is 0.117. The van der Waals surface area contributed by atoms with Gasteiger partial charge in [-0.25, -0.2) is 9.59 Å². The molecule has 20 heavy (non-hydrogen) atoms. The lowest BCUT2D eigenvalue weighted by Gasteiger charge is -2.21. The molecule has 0 bridgehead atoms. The summed E-state index contributed by atoms with van der Waals surface area (Å²) in [5, 5.41) is 15.1. The average Bonchev–Trinajstić information content (AvgIpc) is 2.69. The third-order valence-corrected chi connectivity index (χ3v) is 3.36. The van der Waals surface area contributed by atoms with Gasteiger partial charge in [-0.15, -0.1) is 0 Å². The summed E-state index contributed by atoms with van der Waals surface area (Å²) in [4.78, 5) is 25.2. The van der Waals surface area contributed by atoms with Crippen molar-refractivity contribution < 1.29 is 14.7 Å². The zero-order valence-corrected chi connectivity index (χ0v) is 11.5. The molecule has 6 heteroatoms. The molecule has 1 heterocycles. The van der Waals surface area contributed by atoms with Crippen LogP contribution in [-0.4, -0.2) is 48.2 Å². The molecular weight excluding hydrogens is 258 g/mol. The standard InChI is InChI=1S/C14H19N3O3/c1-10-4-2-5-11(13(18)19)12(10)16-14(20)17-8-3-6-15-7-9-17/h2,4-5,15H,3,6-9H2,1H3,(H,16,20)(H,18,19). The van der Waals surface area contributed by atoms with Gasteiger partial charge in [0.1, 0.15) is 0 Å². The third-order valence-electron chi connectivity index (χ3n) is 3.36. The molecule has 108 valence electrons. The van der Waals surface area contributed by atoms with E-state index in [2.05, 4.69) is 10.6 Å². The Balaban J connectivity index is 2.16. The number of benzene rings is 1. The Labute approximate surface area is 117 Å². The molecule has 1 aromatic rings. The molecule has 0 aromatic heterocycles. The highest BCUT2D eigenvalue weighted by atomic mass is 16.4. The zero-order chi connectivity index (χ0) is 14.5. The summed E-state index contributed by atoms with van der Waals surface area (Å²) in [7, 11) is 0. The van der Waals surface area contributed by atoms with Crippen LogP contribution in [0, 0.1) is 6.92 Å². The minimum atomic E-state index is -1.04. The molecule has 2 rings (SSSR count). The van der Waals surface area contributed by atoms with E-state index < -0.39 is 5.97 Å². The van der Waals surface area contributed by atoms with Gasteiger partial charge in [0, 0.05) is 19.6 Å². The predicted octanol–water partition coefficient (Wildman–Crippen LogP) is 1.52. The summed E-state index contributed by atoms with van der Waals surface area (Å²) in [5.74, 6) is -1.04. The summed E-state index contributed by atoms with van der Waals surface area (Å²) in [6, 6.07) is 4.70. The van der Waals surface area contributed by atoms with Crippen molar-refractivity contribution in [2.45, 2.75) is 13.3 Å². The first-order chi connectivity index (χ1) is 9.59. The molecular formula is C14H19N3O3. The first kappa shape index (κ1) is 14.3. The maximum Gasteiger partial charge on any atom is 0.337 e. The maximum atomic E-state index is 12.2. The van der Waals surface area contributed by atoms with Crippen molar-refractivity contribution in [1.82, 2.24) is 10.2 Å². The van der Waals surface area contributed by atoms with E-state index in [-0.39, 0.29) is 11.6 Å². The van der Waals surface area contributed by atoms with Crippen LogP contribution in [-0.2, 0) is 0 Å². The number of carboxylic acids is 1. The number of carbonyl (C=O) groups is 2. The molecule has 0 atom stereocenters. The molecule has 0 aliphatic carbocycles. The number of urea groups is 1. The largest absolute Gasteiger partial charge is 0.478 e. The number of anilines is 1. The topological polar surface area (TPSA) is 81.7 Å². The SMILES string of the molecule is Cc1cccc(C(=O)O)c1NC(=O)N1CCCNCC1. The number of aromatic carboxylic acids is 1. The van der Waals surface area contributed by atoms with Crippen molar-refractivity contribution in [2.24, 2.45) is 0 Å². The highest BCUT2D eigenvalue weighted by Crippen LogP contribution is 2.21. The van der Waals surface area contributed by atoms with Gasteiger partial charge in [0.05, 0.1) is 11.3 Å². The lowest BCUT2D eigenvalue weighted by Crippen LogP contribution is -2.37. The van der Waals surface area contributed by atoms with E-state index in [0.29, 0.717) is 18.8 Å². The van der Waals surface area contributed by atoms with Gasteiger partial charge >= 0.3 is 12.0 Å². The summed E-state index contributed by atoms with van der Waals surface area (Å²) < 4.78 is 0. The number of aryl methyl sites for hydroxylation is 1. The van der Waals surface area contributed by atoms with Gasteiger partial charge in [0.15, 0.2) is 0 Å². The fourth-order valence-corrected chi connectivity index (χ4v) is 2.25. The molecule has 6 nitrogen and oxygen atoms in total. The van der Waals surface area contributed by atoms with Crippen LogP contribution < -0.4 is 10.6 Å². The second-order valence-corrected chi connectivity index (χ2v) is 4.82. The lowest BCUT2D eigenvalue weighted by atomic mass is 10.1. The number of nitrogens with zero attached hydrogens (tertiary/aromatic N) is 1. The highest BCUT2D eigenvalue weighted by molar-refractivity contribution is 6.01. The van der Waals surface area contributed by atoms with Crippen LogP contribution in [0.3, 0.4) is 0 Å². The number of amides is 2. The number of rotatable bonds is 2. The van der Waals surface area contributed by atoms with E-state index >= 15 is 0 Å². The second kappa shape index (κ2) is 6.38. The fourth-order valence-electron chi connectivity index (χ4n) is 2.25. The average molecular weight is 277 g/mol. The van der Waals surface area contributed by atoms with Crippen molar-refractivity contribution in [3.8, 4) is 0 Å². The van der Waals surface area contributed by atoms with Crippen LogP contribution in [0.2, 0.25) is 0 Å². The molecule has 0 unspecified atom stereocenters. The van der Waals surface area contributed by atoms with Crippen molar-refractivity contribution in [3.05, 3.63) is 29.3 Å². The van der Waals surface area contributed by atoms with E-state index in [1.165, 1.54) is 6.07 Å². The Morgan fingerprint density at radius 2 is 2.10 bits per heavy atom. The number of nitrogens with one attached hydrogen (secondary N) is 2. The Bertz CT molecular complexity index is 508. The normalized spacial score (nSPS) is 15.6. The van der Waals surface area contributed by atoms with Gasteiger partial charge in [-0.2, -0.15) is 0 Å². The van der Waals surface area contributed by atoms with Crippen LogP contribution in [0.5, 0.6) is 0 Å². The van der Waals surface area contributed by atoms with Gasteiger partial charge in [-0.3, -0.25) is 0 Å². The smallest absolute Gasteiger partial charge is 0.337 e. The molecule has 1 fully saturated rings. The molecule has 1 aromatic carbocycles. The van der Waals surface area contributed by atoms with Crippen molar-refractivity contribution in [1.29, 1.82) is 0 Å². The number of hydrogen-bond donors (Lipinski definition) is 3. The molecule has 1 saturated heterocycles. The Morgan fingerprint density at radius 3 is 2.85 bits per heavy atom. The number of carboxylic acid groups (broad SMARTS) is 1. The van der Waals surface area contributed by atoms with Crippen molar-refractivity contribution in [3.63, 3.8) is 0 Å². The van der Waals surface area contributed by atoms with Crippen molar-refractivity contribution in [2.75, 3.05) is 31.5 Å². The monoisotopic (exact) mass is 277 g/mol. The minimum Gasteiger partial charge on any atom is -0.478 e. The first-order valence-corrected chi connectivity index (χ1v) is 6.69.